The van der Waals surface area contributed by atoms with Crippen LogP contribution in [0.4, 0.5) is 0 Å². The summed E-state index contributed by atoms with van der Waals surface area (Å²) in [7, 11) is 3.17. The van der Waals surface area contributed by atoms with Crippen molar-refractivity contribution in [3.63, 3.8) is 0 Å². The van der Waals surface area contributed by atoms with Gasteiger partial charge in [-0.15, -0.1) is 11.3 Å². The molecule has 0 aliphatic carbocycles. The Morgan fingerprint density at radius 3 is 2.55 bits per heavy atom. The quantitative estimate of drug-likeness (QED) is 0.869. The highest BCUT2D eigenvalue weighted by atomic mass is 32.1. The zero-order valence-electron chi connectivity index (χ0n) is 13.0. The van der Waals surface area contributed by atoms with Crippen molar-refractivity contribution in [2.45, 2.75) is 19.4 Å². The minimum Gasteiger partial charge on any atom is -0.497 e. The van der Waals surface area contributed by atoms with Gasteiger partial charge in [0.25, 0.3) is 5.91 Å². The van der Waals surface area contributed by atoms with E-state index in [1.165, 1.54) is 10.4 Å². The lowest BCUT2D eigenvalue weighted by molar-refractivity contribution is 0.0678. The van der Waals surface area contributed by atoms with Gasteiger partial charge in [-0.3, -0.25) is 4.79 Å². The second kappa shape index (κ2) is 6.01. The van der Waals surface area contributed by atoms with Gasteiger partial charge in [0.2, 0.25) is 0 Å². The van der Waals surface area contributed by atoms with E-state index in [2.05, 4.69) is 18.4 Å². The molecule has 1 unspecified atom stereocenters. The van der Waals surface area contributed by atoms with Gasteiger partial charge in [0.1, 0.15) is 11.5 Å². The Balaban J connectivity index is 1.91. The maximum atomic E-state index is 12.9. The summed E-state index contributed by atoms with van der Waals surface area (Å²) in [5.41, 5.74) is 1.86. The first-order chi connectivity index (χ1) is 10.6. The Hall–Kier alpha value is -2.01. The number of fused-ring (bicyclic) bond motifs is 1. The maximum absolute atomic E-state index is 12.9. The minimum atomic E-state index is 0.0153. The third-order valence-electron chi connectivity index (χ3n) is 4.14. The fourth-order valence-corrected chi connectivity index (χ4v) is 3.85. The van der Waals surface area contributed by atoms with E-state index in [0.29, 0.717) is 17.1 Å². The van der Waals surface area contributed by atoms with Crippen LogP contribution in [0, 0.1) is 0 Å². The number of ether oxygens (including phenoxy) is 2. The number of rotatable bonds is 3. The van der Waals surface area contributed by atoms with Crippen molar-refractivity contribution >= 4 is 17.2 Å². The molecule has 0 radical (unpaired) electrons. The number of hydrogen-bond acceptors (Lipinski definition) is 4. The summed E-state index contributed by atoms with van der Waals surface area (Å²) in [6.07, 6.45) is 0.921. The summed E-state index contributed by atoms with van der Waals surface area (Å²) >= 11 is 1.77. The van der Waals surface area contributed by atoms with Crippen LogP contribution < -0.4 is 9.47 Å². The Morgan fingerprint density at radius 2 is 1.91 bits per heavy atom. The van der Waals surface area contributed by atoms with Crippen LogP contribution in [0.25, 0.3) is 0 Å². The van der Waals surface area contributed by atoms with Crippen molar-refractivity contribution in [1.82, 2.24) is 4.90 Å². The van der Waals surface area contributed by atoms with Gasteiger partial charge in [-0.25, -0.2) is 0 Å². The molecule has 0 fully saturated rings. The summed E-state index contributed by atoms with van der Waals surface area (Å²) in [6, 6.07) is 7.52. The number of carbonyl (C=O) groups is 1. The molecule has 1 amide bonds. The highest BCUT2D eigenvalue weighted by Crippen LogP contribution is 2.34. The summed E-state index contributed by atoms with van der Waals surface area (Å²) in [5, 5.41) is 2.10. The molecular weight excluding hydrogens is 298 g/mol. The summed E-state index contributed by atoms with van der Waals surface area (Å²) in [4.78, 5) is 16.2. The molecular formula is C17H19NO3S. The highest BCUT2D eigenvalue weighted by Gasteiger charge is 2.29. The number of nitrogens with zero attached hydrogens (tertiary/aromatic N) is 1. The van der Waals surface area contributed by atoms with E-state index < -0.39 is 0 Å². The van der Waals surface area contributed by atoms with Crippen molar-refractivity contribution in [2.24, 2.45) is 0 Å². The van der Waals surface area contributed by atoms with Crippen LogP contribution in [0.2, 0.25) is 0 Å². The van der Waals surface area contributed by atoms with Gasteiger partial charge in [-0.05, 0) is 42.5 Å². The molecule has 2 heterocycles. The Labute approximate surface area is 134 Å². The molecule has 116 valence electrons. The molecule has 0 saturated carbocycles. The van der Waals surface area contributed by atoms with Crippen molar-refractivity contribution in [3.8, 4) is 11.5 Å². The lowest BCUT2D eigenvalue weighted by Gasteiger charge is -2.33. The smallest absolute Gasteiger partial charge is 0.254 e. The predicted octanol–water partition coefficient (Wildman–Crippen LogP) is 3.52. The molecule has 0 spiro atoms. The number of benzene rings is 1. The van der Waals surface area contributed by atoms with Crippen LogP contribution in [0.3, 0.4) is 0 Å². The Kier molecular flexibility index (Phi) is 4.07. The summed E-state index contributed by atoms with van der Waals surface area (Å²) in [5.74, 6) is 1.27. The second-order valence-electron chi connectivity index (χ2n) is 5.32. The molecule has 22 heavy (non-hydrogen) atoms. The molecule has 1 aromatic carbocycles. The van der Waals surface area contributed by atoms with Gasteiger partial charge in [0.15, 0.2) is 0 Å². The minimum absolute atomic E-state index is 0.0153. The van der Waals surface area contributed by atoms with E-state index in [1.54, 1.807) is 43.8 Å². The fraction of sp³-hybridized carbons (Fsp3) is 0.353. The zero-order chi connectivity index (χ0) is 15.7. The van der Waals surface area contributed by atoms with Gasteiger partial charge >= 0.3 is 0 Å². The normalized spacial score (nSPS) is 17.0. The molecule has 1 aromatic heterocycles. The van der Waals surface area contributed by atoms with Gasteiger partial charge in [-0.1, -0.05) is 0 Å². The van der Waals surface area contributed by atoms with E-state index >= 15 is 0 Å². The van der Waals surface area contributed by atoms with E-state index in [4.69, 9.17) is 9.47 Å². The van der Waals surface area contributed by atoms with Crippen LogP contribution in [0.1, 0.15) is 33.8 Å². The monoisotopic (exact) mass is 317 g/mol. The molecule has 1 aliphatic rings. The molecule has 1 aliphatic heterocycles. The number of thiophene rings is 1. The van der Waals surface area contributed by atoms with E-state index in [1.807, 2.05) is 4.90 Å². The molecule has 0 saturated heterocycles. The third kappa shape index (κ3) is 2.57. The molecule has 5 heteroatoms. The van der Waals surface area contributed by atoms with Crippen LogP contribution in [0.5, 0.6) is 11.5 Å². The predicted molar refractivity (Wildman–Crippen MR) is 87.0 cm³/mol. The average Bonchev–Trinajstić information content (AvgIpc) is 3.03. The maximum Gasteiger partial charge on any atom is 0.254 e. The molecule has 2 aromatic rings. The largest absolute Gasteiger partial charge is 0.497 e. The van der Waals surface area contributed by atoms with E-state index in [9.17, 15) is 4.79 Å². The molecule has 3 rings (SSSR count). The van der Waals surface area contributed by atoms with E-state index in [-0.39, 0.29) is 11.9 Å². The number of hydrogen-bond donors (Lipinski definition) is 0. The van der Waals surface area contributed by atoms with E-state index in [0.717, 1.165) is 13.0 Å². The van der Waals surface area contributed by atoms with Gasteiger partial charge < -0.3 is 14.4 Å². The topological polar surface area (TPSA) is 38.8 Å². The summed E-state index contributed by atoms with van der Waals surface area (Å²) in [6.45, 7) is 2.83. The molecule has 0 bridgehead atoms. The fourth-order valence-electron chi connectivity index (χ4n) is 2.88. The molecule has 4 nitrogen and oxygen atoms in total. The van der Waals surface area contributed by atoms with Crippen LogP contribution in [-0.2, 0) is 6.42 Å². The zero-order valence-corrected chi connectivity index (χ0v) is 13.8. The van der Waals surface area contributed by atoms with Gasteiger partial charge in [0.05, 0.1) is 20.3 Å². The number of methoxy groups -OCH3 is 2. The first-order valence-electron chi connectivity index (χ1n) is 7.24. The number of carbonyl (C=O) groups excluding carboxylic acids is 1. The van der Waals surface area contributed by atoms with Gasteiger partial charge in [-0.2, -0.15) is 0 Å². The van der Waals surface area contributed by atoms with Crippen molar-refractivity contribution in [3.05, 3.63) is 45.6 Å². The lowest BCUT2D eigenvalue weighted by Crippen LogP contribution is -2.38. The first kappa shape index (κ1) is 14.9. The second-order valence-corrected chi connectivity index (χ2v) is 6.33. The lowest BCUT2D eigenvalue weighted by atomic mass is 10.00. The number of amides is 1. The van der Waals surface area contributed by atoms with Crippen molar-refractivity contribution in [1.29, 1.82) is 0 Å². The van der Waals surface area contributed by atoms with Crippen molar-refractivity contribution < 1.29 is 14.3 Å². The van der Waals surface area contributed by atoms with Crippen molar-refractivity contribution in [2.75, 3.05) is 20.8 Å². The molecule has 1 atom stereocenters. The van der Waals surface area contributed by atoms with Crippen LogP contribution in [-0.4, -0.2) is 31.6 Å². The Morgan fingerprint density at radius 1 is 1.23 bits per heavy atom. The van der Waals surface area contributed by atoms with Crippen LogP contribution >= 0.6 is 11.3 Å². The first-order valence-corrected chi connectivity index (χ1v) is 8.12. The molecule has 0 N–H and O–H groups in total. The average molecular weight is 317 g/mol. The SMILES string of the molecule is COc1cc(OC)cc(C(=O)N2CCc3sccc3C2C)c1. The third-order valence-corrected chi connectivity index (χ3v) is 5.13. The van der Waals surface area contributed by atoms with Gasteiger partial charge in [0, 0.05) is 23.1 Å². The standard InChI is InChI=1S/C17H19NO3S/c1-11-15-5-7-22-16(15)4-6-18(11)17(19)12-8-13(20-2)10-14(9-12)21-3/h5,7-11H,4,6H2,1-3H3. The Bertz CT molecular complexity index is 673. The highest BCUT2D eigenvalue weighted by molar-refractivity contribution is 7.10. The van der Waals surface area contributed by atoms with Crippen LogP contribution in [0.15, 0.2) is 29.6 Å². The summed E-state index contributed by atoms with van der Waals surface area (Å²) < 4.78 is 10.5.